The molecule has 0 saturated carbocycles. The Morgan fingerprint density at radius 1 is 1.57 bits per heavy atom. The van der Waals surface area contributed by atoms with Crippen molar-refractivity contribution in [1.29, 1.82) is 0 Å². The summed E-state index contributed by atoms with van der Waals surface area (Å²) >= 11 is 0. The molecule has 14 heavy (non-hydrogen) atoms. The van der Waals surface area contributed by atoms with Gasteiger partial charge in [0.1, 0.15) is 0 Å². The van der Waals surface area contributed by atoms with E-state index in [9.17, 15) is 18.0 Å². The van der Waals surface area contributed by atoms with Crippen molar-refractivity contribution >= 4 is 6.29 Å². The van der Waals surface area contributed by atoms with Crippen LogP contribution in [0.3, 0.4) is 0 Å². The number of halogens is 3. The van der Waals surface area contributed by atoms with Crippen molar-refractivity contribution in [3.63, 3.8) is 0 Å². The van der Waals surface area contributed by atoms with E-state index in [0.29, 0.717) is 6.07 Å². The number of alkyl halides is 2. The SMILES string of the molecule is NCc1nc(F)cc(C=O)c1C(F)F. The second-order valence-electron chi connectivity index (χ2n) is 2.52. The van der Waals surface area contributed by atoms with Crippen molar-refractivity contribution in [2.45, 2.75) is 13.0 Å². The van der Waals surface area contributed by atoms with E-state index in [1.165, 1.54) is 0 Å². The van der Waals surface area contributed by atoms with E-state index in [-0.39, 0.29) is 18.5 Å². The van der Waals surface area contributed by atoms with Gasteiger partial charge in [-0.1, -0.05) is 0 Å². The van der Waals surface area contributed by atoms with Crippen LogP contribution in [0, 0.1) is 5.95 Å². The third-order valence-electron chi connectivity index (χ3n) is 1.68. The van der Waals surface area contributed by atoms with Gasteiger partial charge in [-0.2, -0.15) is 4.39 Å². The number of carbonyl (C=O) groups is 1. The molecule has 3 nitrogen and oxygen atoms in total. The van der Waals surface area contributed by atoms with E-state index >= 15 is 0 Å². The standard InChI is InChI=1S/C8H7F3N2O/c9-6-1-4(3-14)7(8(10)11)5(2-12)13-6/h1,3,8H,2,12H2. The number of aldehydes is 1. The summed E-state index contributed by atoms with van der Waals surface area (Å²) in [6, 6.07) is 0.660. The number of carbonyl (C=O) groups excluding carboxylic acids is 1. The minimum atomic E-state index is -2.89. The maximum atomic E-state index is 12.7. The molecule has 0 aromatic carbocycles. The molecule has 0 atom stereocenters. The first-order valence-electron chi connectivity index (χ1n) is 3.72. The van der Waals surface area contributed by atoms with Crippen molar-refractivity contribution in [1.82, 2.24) is 4.98 Å². The van der Waals surface area contributed by atoms with Gasteiger partial charge in [0.25, 0.3) is 6.43 Å². The van der Waals surface area contributed by atoms with Crippen molar-refractivity contribution in [3.05, 3.63) is 28.8 Å². The molecule has 0 unspecified atom stereocenters. The van der Waals surface area contributed by atoms with Crippen LogP contribution >= 0.6 is 0 Å². The maximum Gasteiger partial charge on any atom is 0.266 e. The zero-order chi connectivity index (χ0) is 10.7. The van der Waals surface area contributed by atoms with E-state index in [0.717, 1.165) is 0 Å². The molecule has 0 amide bonds. The molecule has 0 aliphatic rings. The van der Waals surface area contributed by atoms with Gasteiger partial charge in [0.2, 0.25) is 5.95 Å². The lowest BCUT2D eigenvalue weighted by Gasteiger charge is -2.08. The van der Waals surface area contributed by atoms with Gasteiger partial charge in [-0.25, -0.2) is 13.8 Å². The topological polar surface area (TPSA) is 56.0 Å². The van der Waals surface area contributed by atoms with Crippen molar-refractivity contribution in [3.8, 4) is 0 Å². The Morgan fingerprint density at radius 2 is 2.21 bits per heavy atom. The Kier molecular flexibility index (Phi) is 3.19. The number of aromatic nitrogens is 1. The molecular weight excluding hydrogens is 197 g/mol. The Hall–Kier alpha value is -1.43. The average molecular weight is 204 g/mol. The third kappa shape index (κ3) is 1.90. The van der Waals surface area contributed by atoms with E-state index in [1.54, 1.807) is 0 Å². The molecule has 1 rings (SSSR count). The predicted octanol–water partition coefficient (Wildman–Crippen LogP) is 1.43. The lowest BCUT2D eigenvalue weighted by molar-refractivity contribution is 0.110. The highest BCUT2D eigenvalue weighted by Crippen LogP contribution is 2.25. The molecule has 0 radical (unpaired) electrons. The molecule has 1 aromatic rings. The first-order valence-corrected chi connectivity index (χ1v) is 3.72. The monoisotopic (exact) mass is 204 g/mol. The summed E-state index contributed by atoms with van der Waals surface area (Å²) in [5.74, 6) is -0.989. The molecule has 0 saturated heterocycles. The zero-order valence-electron chi connectivity index (χ0n) is 7.01. The minimum absolute atomic E-state index is 0.158. The van der Waals surface area contributed by atoms with Crippen LogP contribution in [-0.4, -0.2) is 11.3 Å². The fourth-order valence-corrected chi connectivity index (χ4v) is 1.10. The fourth-order valence-electron chi connectivity index (χ4n) is 1.10. The van der Waals surface area contributed by atoms with E-state index in [4.69, 9.17) is 5.73 Å². The number of nitrogens with two attached hydrogens (primary N) is 1. The Labute approximate surface area is 77.7 Å². The van der Waals surface area contributed by atoms with Crippen molar-refractivity contribution in [2.24, 2.45) is 5.73 Å². The Balaban J connectivity index is 3.40. The Bertz CT molecular complexity index is 355. The van der Waals surface area contributed by atoms with Gasteiger partial charge in [0.15, 0.2) is 6.29 Å². The van der Waals surface area contributed by atoms with Gasteiger partial charge in [-0.15, -0.1) is 0 Å². The van der Waals surface area contributed by atoms with Crippen LogP contribution in [0.1, 0.15) is 28.0 Å². The predicted molar refractivity (Wildman–Crippen MR) is 42.4 cm³/mol. The van der Waals surface area contributed by atoms with Gasteiger partial charge < -0.3 is 5.73 Å². The molecule has 0 spiro atoms. The van der Waals surface area contributed by atoms with Gasteiger partial charge in [0.05, 0.1) is 11.3 Å². The van der Waals surface area contributed by atoms with Crippen LogP contribution in [0.15, 0.2) is 6.07 Å². The quantitative estimate of drug-likeness (QED) is 0.598. The molecule has 0 aliphatic heterocycles. The third-order valence-corrected chi connectivity index (χ3v) is 1.68. The molecule has 76 valence electrons. The maximum absolute atomic E-state index is 12.7. The highest BCUT2D eigenvalue weighted by molar-refractivity contribution is 5.77. The molecule has 6 heteroatoms. The van der Waals surface area contributed by atoms with Crippen LogP contribution in [0.4, 0.5) is 13.2 Å². The molecule has 0 aliphatic carbocycles. The lowest BCUT2D eigenvalue weighted by Crippen LogP contribution is -2.09. The van der Waals surface area contributed by atoms with Crippen LogP contribution < -0.4 is 5.73 Å². The highest BCUT2D eigenvalue weighted by atomic mass is 19.3. The van der Waals surface area contributed by atoms with Crippen LogP contribution in [0.5, 0.6) is 0 Å². The normalized spacial score (nSPS) is 10.6. The van der Waals surface area contributed by atoms with Crippen LogP contribution in [0.25, 0.3) is 0 Å². The van der Waals surface area contributed by atoms with Gasteiger partial charge in [0, 0.05) is 18.2 Å². The molecule has 2 N–H and O–H groups in total. The summed E-state index contributed by atoms with van der Waals surface area (Å²) in [5.41, 5.74) is 3.81. The molecule has 0 fully saturated rings. The van der Waals surface area contributed by atoms with E-state index < -0.39 is 23.5 Å². The second-order valence-corrected chi connectivity index (χ2v) is 2.52. The van der Waals surface area contributed by atoms with E-state index in [2.05, 4.69) is 4.98 Å². The molecule has 1 aromatic heterocycles. The zero-order valence-corrected chi connectivity index (χ0v) is 7.01. The number of nitrogens with zero attached hydrogens (tertiary/aromatic N) is 1. The summed E-state index contributed by atoms with van der Waals surface area (Å²) in [4.78, 5) is 13.6. The fraction of sp³-hybridized carbons (Fsp3) is 0.250. The van der Waals surface area contributed by atoms with Crippen LogP contribution in [-0.2, 0) is 6.54 Å². The van der Waals surface area contributed by atoms with Crippen molar-refractivity contribution in [2.75, 3.05) is 0 Å². The van der Waals surface area contributed by atoms with Gasteiger partial charge >= 0.3 is 0 Å². The van der Waals surface area contributed by atoms with E-state index in [1.807, 2.05) is 0 Å². The molecular formula is C8H7F3N2O. The molecule has 0 bridgehead atoms. The van der Waals surface area contributed by atoms with Gasteiger partial charge in [-0.3, -0.25) is 4.79 Å². The minimum Gasteiger partial charge on any atom is -0.325 e. The average Bonchev–Trinajstić information content (AvgIpc) is 2.15. The summed E-state index contributed by atoms with van der Waals surface area (Å²) in [6.07, 6.45) is -2.73. The largest absolute Gasteiger partial charge is 0.325 e. The summed E-state index contributed by atoms with van der Waals surface area (Å²) < 4.78 is 37.5. The highest BCUT2D eigenvalue weighted by Gasteiger charge is 2.19. The second kappa shape index (κ2) is 4.19. The number of rotatable bonds is 3. The first kappa shape index (κ1) is 10.6. The summed E-state index contributed by atoms with van der Waals surface area (Å²) in [6.45, 7) is -0.335. The summed E-state index contributed by atoms with van der Waals surface area (Å²) in [7, 11) is 0. The number of hydrogen-bond acceptors (Lipinski definition) is 3. The summed E-state index contributed by atoms with van der Waals surface area (Å²) in [5, 5.41) is 0. The Morgan fingerprint density at radius 3 is 2.64 bits per heavy atom. The first-order chi connectivity index (χ1) is 6.60. The van der Waals surface area contributed by atoms with Crippen LogP contribution in [0.2, 0.25) is 0 Å². The molecule has 1 heterocycles. The smallest absolute Gasteiger partial charge is 0.266 e. The van der Waals surface area contributed by atoms with Crippen molar-refractivity contribution < 1.29 is 18.0 Å². The van der Waals surface area contributed by atoms with Gasteiger partial charge in [-0.05, 0) is 0 Å². The number of hydrogen-bond donors (Lipinski definition) is 1. The number of pyridine rings is 1. The lowest BCUT2D eigenvalue weighted by atomic mass is 10.1.